The van der Waals surface area contributed by atoms with Crippen LogP contribution in [0.4, 0.5) is 0 Å². The van der Waals surface area contributed by atoms with Crippen molar-refractivity contribution in [2.75, 3.05) is 0 Å². The lowest BCUT2D eigenvalue weighted by Crippen LogP contribution is -2.36. The van der Waals surface area contributed by atoms with E-state index in [4.69, 9.17) is 9.98 Å². The third kappa shape index (κ3) is 4.00. The number of amidine groups is 2. The zero-order valence-corrected chi connectivity index (χ0v) is 25.8. The second-order valence-corrected chi connectivity index (χ2v) is 12.7. The third-order valence-corrected chi connectivity index (χ3v) is 9.64. The van der Waals surface area contributed by atoms with Gasteiger partial charge in [0, 0.05) is 38.6 Å². The lowest BCUT2D eigenvalue weighted by atomic mass is 9.82. The van der Waals surface area contributed by atoms with Crippen molar-refractivity contribution in [3.05, 3.63) is 173 Å². The van der Waals surface area contributed by atoms with Crippen LogP contribution < -0.4 is 5.32 Å². The molecule has 0 fully saturated rings. The fourth-order valence-electron chi connectivity index (χ4n) is 7.44. The first-order valence-electron chi connectivity index (χ1n) is 15.9. The molecule has 46 heavy (non-hydrogen) atoms. The van der Waals surface area contributed by atoms with Gasteiger partial charge in [-0.3, -0.25) is 0 Å². The van der Waals surface area contributed by atoms with Crippen LogP contribution in [0, 0.1) is 0 Å². The Bertz CT molecular complexity index is 2310. The summed E-state index contributed by atoms with van der Waals surface area (Å²) in [5.74, 6) is 1.64. The molecule has 0 saturated heterocycles. The summed E-state index contributed by atoms with van der Waals surface area (Å²) in [5, 5.41) is 6.09. The van der Waals surface area contributed by atoms with Gasteiger partial charge in [0.25, 0.3) is 0 Å². The second-order valence-electron chi connectivity index (χ2n) is 12.7. The molecule has 0 unspecified atom stereocenters. The van der Waals surface area contributed by atoms with Gasteiger partial charge < -0.3 is 9.88 Å². The largest absolute Gasteiger partial charge is 0.324 e. The van der Waals surface area contributed by atoms with Gasteiger partial charge in [0.05, 0.1) is 11.0 Å². The van der Waals surface area contributed by atoms with Crippen LogP contribution in [-0.4, -0.2) is 16.2 Å². The van der Waals surface area contributed by atoms with Crippen LogP contribution >= 0.6 is 0 Å². The van der Waals surface area contributed by atoms with Gasteiger partial charge in [-0.2, -0.15) is 0 Å². The number of hydrogen-bond acceptors (Lipinski definition) is 3. The van der Waals surface area contributed by atoms with E-state index in [1.54, 1.807) is 0 Å². The molecule has 6 aromatic carbocycles. The van der Waals surface area contributed by atoms with Crippen LogP contribution in [0.25, 0.3) is 38.6 Å². The van der Waals surface area contributed by atoms with E-state index in [0.29, 0.717) is 0 Å². The quantitative estimate of drug-likeness (QED) is 0.217. The van der Waals surface area contributed by atoms with Crippen LogP contribution in [-0.2, 0) is 5.41 Å². The Balaban J connectivity index is 1.24. The first-order valence-corrected chi connectivity index (χ1v) is 15.9. The number of benzene rings is 6. The van der Waals surface area contributed by atoms with Crippen molar-refractivity contribution in [2.45, 2.75) is 25.4 Å². The van der Waals surface area contributed by atoms with Gasteiger partial charge in [0.1, 0.15) is 11.7 Å². The maximum absolute atomic E-state index is 5.14. The number of nitrogens with zero attached hydrogens (tertiary/aromatic N) is 3. The third-order valence-electron chi connectivity index (χ3n) is 9.64. The molecule has 0 amide bonds. The highest BCUT2D eigenvalue weighted by Crippen LogP contribution is 2.53. The molecule has 0 radical (unpaired) electrons. The van der Waals surface area contributed by atoms with Gasteiger partial charge in [0.15, 0.2) is 6.17 Å². The Labute approximate surface area is 268 Å². The van der Waals surface area contributed by atoms with Gasteiger partial charge >= 0.3 is 0 Å². The molecule has 7 aromatic rings. The van der Waals surface area contributed by atoms with E-state index in [9.17, 15) is 0 Å². The van der Waals surface area contributed by atoms with Gasteiger partial charge in [0.2, 0.25) is 0 Å². The normalized spacial score (nSPS) is 15.3. The van der Waals surface area contributed by atoms with Crippen LogP contribution in [0.5, 0.6) is 0 Å². The summed E-state index contributed by atoms with van der Waals surface area (Å²) >= 11 is 0. The van der Waals surface area contributed by atoms with Crippen LogP contribution in [0.15, 0.2) is 156 Å². The fourth-order valence-corrected chi connectivity index (χ4v) is 7.44. The van der Waals surface area contributed by atoms with Crippen molar-refractivity contribution < 1.29 is 0 Å². The van der Waals surface area contributed by atoms with Crippen molar-refractivity contribution in [1.29, 1.82) is 0 Å². The highest BCUT2D eigenvalue weighted by Gasteiger charge is 2.37. The molecule has 4 nitrogen and oxygen atoms in total. The minimum absolute atomic E-state index is 0.0544. The monoisotopic (exact) mass is 592 g/mol. The summed E-state index contributed by atoms with van der Waals surface area (Å²) in [7, 11) is 0. The zero-order valence-electron chi connectivity index (χ0n) is 25.8. The van der Waals surface area contributed by atoms with Crippen molar-refractivity contribution in [3.63, 3.8) is 0 Å². The summed E-state index contributed by atoms with van der Waals surface area (Å²) in [6.07, 6.45) is -0.392. The van der Waals surface area contributed by atoms with E-state index in [1.165, 1.54) is 44.1 Å². The van der Waals surface area contributed by atoms with E-state index in [2.05, 4.69) is 133 Å². The van der Waals surface area contributed by atoms with Crippen molar-refractivity contribution in [3.8, 4) is 16.8 Å². The Morgan fingerprint density at radius 3 is 1.98 bits per heavy atom. The van der Waals surface area contributed by atoms with E-state index in [1.807, 2.05) is 36.4 Å². The summed E-state index contributed by atoms with van der Waals surface area (Å²) in [6, 6.07) is 51.7. The minimum atomic E-state index is -0.392. The number of para-hydroxylation sites is 1. The number of nitrogens with one attached hydrogen (secondary N) is 1. The molecule has 1 aliphatic heterocycles. The van der Waals surface area contributed by atoms with Gasteiger partial charge in [-0.05, 0) is 46.5 Å². The molecule has 4 heteroatoms. The lowest BCUT2D eigenvalue weighted by Gasteiger charge is -2.23. The average Bonchev–Trinajstić information content (AvgIpc) is 3.58. The summed E-state index contributed by atoms with van der Waals surface area (Å²) in [5.41, 5.74) is 12.0. The zero-order chi connectivity index (χ0) is 30.8. The molecule has 2 heterocycles. The fraction of sp³-hybridized carbons (Fsp3) is 0.0952. The summed E-state index contributed by atoms with van der Waals surface area (Å²) in [4.78, 5) is 10.3. The molecule has 1 N–H and O–H groups in total. The standard InChI is InChI=1S/C42H32N4/c1-42(2)33-22-11-9-20-31(33)37-34(42)24-25-36-38(37)32-21-10-12-23-35(32)46(36)30-19-13-18-29(26-30)41-44-39(27-14-5-3-6-15-27)43-40(45-41)28-16-7-4-8-17-28/h3-26,41H,1-2H3,(H,43,44,45). The number of rotatable bonds is 4. The van der Waals surface area contributed by atoms with E-state index >= 15 is 0 Å². The number of aromatic nitrogens is 1. The van der Waals surface area contributed by atoms with Crippen LogP contribution in [0.3, 0.4) is 0 Å². The van der Waals surface area contributed by atoms with Gasteiger partial charge in [-0.1, -0.05) is 135 Å². The number of hydrogen-bond donors (Lipinski definition) is 1. The van der Waals surface area contributed by atoms with E-state index < -0.39 is 6.17 Å². The SMILES string of the molecule is CC1(C)c2ccccc2-c2c1ccc1c2c2ccccc2n1-c1cccc(C2N=C(c3ccccc3)NC(c3ccccc3)=N2)c1. The summed E-state index contributed by atoms with van der Waals surface area (Å²) < 4.78 is 2.41. The lowest BCUT2D eigenvalue weighted by molar-refractivity contribution is 0.661. The van der Waals surface area contributed by atoms with Crippen LogP contribution in [0.2, 0.25) is 0 Å². The predicted octanol–water partition coefficient (Wildman–Crippen LogP) is 9.59. The molecule has 2 aliphatic rings. The molecule has 1 aliphatic carbocycles. The topological polar surface area (TPSA) is 41.7 Å². The van der Waals surface area contributed by atoms with Crippen molar-refractivity contribution in [1.82, 2.24) is 9.88 Å². The molecule has 0 atom stereocenters. The van der Waals surface area contributed by atoms with E-state index in [-0.39, 0.29) is 5.41 Å². The molecule has 1 aromatic heterocycles. The maximum Gasteiger partial charge on any atom is 0.169 e. The van der Waals surface area contributed by atoms with Crippen molar-refractivity contribution >= 4 is 33.5 Å². The molecular weight excluding hydrogens is 560 g/mol. The van der Waals surface area contributed by atoms with E-state index in [0.717, 1.165) is 34.0 Å². The number of fused-ring (bicyclic) bond motifs is 7. The van der Waals surface area contributed by atoms with Crippen LogP contribution in [0.1, 0.15) is 47.8 Å². The molecular formula is C42H32N4. The second kappa shape index (κ2) is 10.1. The Hall–Kier alpha value is -5.74. The molecule has 9 rings (SSSR count). The number of aliphatic imine (C=N–C) groups is 2. The molecule has 0 bridgehead atoms. The Morgan fingerprint density at radius 2 is 1.24 bits per heavy atom. The average molecular weight is 593 g/mol. The smallest absolute Gasteiger partial charge is 0.169 e. The Kier molecular flexibility index (Phi) is 5.88. The highest BCUT2D eigenvalue weighted by molar-refractivity contribution is 6.18. The first-order chi connectivity index (χ1) is 22.6. The minimum Gasteiger partial charge on any atom is -0.324 e. The van der Waals surface area contributed by atoms with Gasteiger partial charge in [-0.15, -0.1) is 0 Å². The Morgan fingerprint density at radius 1 is 0.587 bits per heavy atom. The molecule has 0 saturated carbocycles. The summed E-state index contributed by atoms with van der Waals surface area (Å²) in [6.45, 7) is 4.69. The highest BCUT2D eigenvalue weighted by atomic mass is 15.2. The van der Waals surface area contributed by atoms with Crippen molar-refractivity contribution in [2.24, 2.45) is 9.98 Å². The molecule has 0 spiro atoms. The van der Waals surface area contributed by atoms with Gasteiger partial charge in [-0.25, -0.2) is 9.98 Å². The maximum atomic E-state index is 5.14. The first kappa shape index (κ1) is 26.6. The predicted molar refractivity (Wildman–Crippen MR) is 190 cm³/mol. The molecule has 220 valence electrons.